The molecule has 4 rings (SSSR count). The topological polar surface area (TPSA) is 78.0 Å². The Morgan fingerprint density at radius 2 is 1.83 bits per heavy atom. The van der Waals surface area contributed by atoms with E-state index < -0.39 is 21.9 Å². The van der Waals surface area contributed by atoms with Gasteiger partial charge in [-0.1, -0.05) is 24.6 Å². The van der Waals surface area contributed by atoms with Crippen molar-refractivity contribution in [2.45, 2.75) is 38.8 Å². The normalized spacial score (nSPS) is 26.9. The third-order valence-electron chi connectivity index (χ3n) is 6.35. The van der Waals surface area contributed by atoms with E-state index in [-0.39, 0.29) is 30.0 Å². The van der Waals surface area contributed by atoms with E-state index in [0.29, 0.717) is 29.7 Å². The van der Waals surface area contributed by atoms with Crippen molar-refractivity contribution in [1.82, 2.24) is 9.80 Å². The zero-order valence-electron chi connectivity index (χ0n) is 16.7. The largest absolute Gasteiger partial charge is 0.341 e. The maximum absolute atomic E-state index is 13.2. The average Bonchev–Trinajstić information content (AvgIpc) is 3.09. The molecule has 3 saturated heterocycles. The fraction of sp³-hybridized carbons (Fsp3) is 0.600. The number of carbonyl (C=O) groups is 2. The van der Waals surface area contributed by atoms with E-state index in [1.165, 1.54) is 9.80 Å². The number of piperidine rings is 1. The number of urea groups is 1. The molecular weight excluding hydrogens is 414 g/mol. The van der Waals surface area contributed by atoms with Crippen molar-refractivity contribution in [3.05, 3.63) is 28.8 Å². The Bertz CT molecular complexity index is 943. The van der Waals surface area contributed by atoms with E-state index in [1.807, 2.05) is 13.0 Å². The third kappa shape index (κ3) is 3.84. The summed E-state index contributed by atoms with van der Waals surface area (Å²) in [5.74, 6) is 0.278. The molecule has 3 amide bonds. The molecule has 3 aliphatic rings. The van der Waals surface area contributed by atoms with E-state index in [0.717, 1.165) is 18.4 Å². The highest BCUT2D eigenvalue weighted by Crippen LogP contribution is 2.36. The monoisotopic (exact) mass is 439 g/mol. The summed E-state index contributed by atoms with van der Waals surface area (Å²) >= 11 is 6.24. The fourth-order valence-corrected chi connectivity index (χ4v) is 6.62. The Morgan fingerprint density at radius 1 is 1.17 bits per heavy atom. The second kappa shape index (κ2) is 7.47. The first-order chi connectivity index (χ1) is 13.7. The minimum absolute atomic E-state index is 0.0833. The summed E-state index contributed by atoms with van der Waals surface area (Å²) in [6, 6.07) is 3.94. The lowest BCUT2D eigenvalue weighted by atomic mass is 9.99. The van der Waals surface area contributed by atoms with Crippen LogP contribution in [0.5, 0.6) is 0 Å². The summed E-state index contributed by atoms with van der Waals surface area (Å²) in [6.07, 6.45) is 1.90. The predicted octanol–water partition coefficient (Wildman–Crippen LogP) is 2.31. The highest BCUT2D eigenvalue weighted by Gasteiger charge is 2.54. The highest BCUT2D eigenvalue weighted by atomic mass is 35.5. The molecule has 7 nitrogen and oxygen atoms in total. The Kier molecular flexibility index (Phi) is 5.27. The van der Waals surface area contributed by atoms with Crippen molar-refractivity contribution in [2.75, 3.05) is 36.0 Å². The molecule has 0 radical (unpaired) electrons. The van der Waals surface area contributed by atoms with Gasteiger partial charge in [0.25, 0.3) is 0 Å². The molecule has 0 aliphatic carbocycles. The Hall–Kier alpha value is -1.80. The molecule has 29 heavy (non-hydrogen) atoms. The lowest BCUT2D eigenvalue weighted by Crippen LogP contribution is -2.47. The molecule has 158 valence electrons. The van der Waals surface area contributed by atoms with Gasteiger partial charge in [-0.15, -0.1) is 0 Å². The number of fused-ring (bicyclic) bond motifs is 1. The van der Waals surface area contributed by atoms with Gasteiger partial charge in [0, 0.05) is 23.8 Å². The van der Waals surface area contributed by atoms with Crippen LogP contribution < -0.4 is 4.90 Å². The smallest absolute Gasteiger partial charge is 0.325 e. The van der Waals surface area contributed by atoms with Gasteiger partial charge in [-0.25, -0.2) is 13.2 Å². The molecule has 3 heterocycles. The lowest BCUT2D eigenvalue weighted by Gasteiger charge is -2.32. The van der Waals surface area contributed by atoms with Crippen LogP contribution in [0.2, 0.25) is 5.02 Å². The molecule has 3 aliphatic heterocycles. The molecule has 1 aromatic carbocycles. The summed E-state index contributed by atoms with van der Waals surface area (Å²) in [6.45, 7) is 5.33. The van der Waals surface area contributed by atoms with E-state index in [9.17, 15) is 18.0 Å². The predicted molar refractivity (Wildman–Crippen MR) is 112 cm³/mol. The van der Waals surface area contributed by atoms with Crippen LogP contribution in [0.3, 0.4) is 0 Å². The molecule has 2 atom stereocenters. The van der Waals surface area contributed by atoms with Crippen LogP contribution >= 0.6 is 11.6 Å². The minimum atomic E-state index is -3.28. The number of anilines is 1. The summed E-state index contributed by atoms with van der Waals surface area (Å²) in [5, 5.41) is 0.518. The van der Waals surface area contributed by atoms with Gasteiger partial charge in [-0.05, 0) is 43.4 Å². The first-order valence-electron chi connectivity index (χ1n) is 10.0. The van der Waals surface area contributed by atoms with Gasteiger partial charge < -0.3 is 9.80 Å². The van der Waals surface area contributed by atoms with Crippen LogP contribution in [0.4, 0.5) is 10.5 Å². The van der Waals surface area contributed by atoms with E-state index in [2.05, 4.69) is 6.92 Å². The van der Waals surface area contributed by atoms with Gasteiger partial charge in [0.05, 0.1) is 23.6 Å². The number of aryl methyl sites for hydroxylation is 1. The standard InChI is InChI=1S/C20H26ClN3O4S/c1-13-5-7-22(8-6-13)19(25)10-23-17-11-29(27,28)12-18(17)24(20(23)26)15-4-3-14(2)16(21)9-15/h3-4,9,13,17-18H,5-8,10-12H2,1-2H3/t17-,18-/m0/s1. The number of benzene rings is 1. The van der Waals surface area contributed by atoms with Crippen LogP contribution in [0.1, 0.15) is 25.3 Å². The molecule has 0 saturated carbocycles. The maximum Gasteiger partial charge on any atom is 0.325 e. The second-order valence-corrected chi connectivity index (χ2v) is 11.0. The summed E-state index contributed by atoms with van der Waals surface area (Å²) in [7, 11) is -3.28. The van der Waals surface area contributed by atoms with E-state index in [4.69, 9.17) is 11.6 Å². The van der Waals surface area contributed by atoms with E-state index >= 15 is 0 Å². The molecule has 0 unspecified atom stereocenters. The Labute approximate surface area is 176 Å². The van der Waals surface area contributed by atoms with Gasteiger partial charge in [-0.3, -0.25) is 9.69 Å². The number of hydrogen-bond acceptors (Lipinski definition) is 4. The molecule has 1 aromatic rings. The quantitative estimate of drug-likeness (QED) is 0.677. The van der Waals surface area contributed by atoms with Gasteiger partial charge >= 0.3 is 6.03 Å². The minimum Gasteiger partial charge on any atom is -0.341 e. The van der Waals surface area contributed by atoms with Gasteiger partial charge in [-0.2, -0.15) is 0 Å². The van der Waals surface area contributed by atoms with Crippen LogP contribution in [0, 0.1) is 12.8 Å². The molecule has 0 aromatic heterocycles. The molecule has 9 heteroatoms. The van der Waals surface area contributed by atoms with E-state index in [1.54, 1.807) is 17.0 Å². The summed E-state index contributed by atoms with van der Waals surface area (Å²) in [5.41, 5.74) is 1.45. The highest BCUT2D eigenvalue weighted by molar-refractivity contribution is 7.91. The number of rotatable bonds is 3. The van der Waals surface area contributed by atoms with Crippen LogP contribution in [-0.4, -0.2) is 73.4 Å². The number of hydrogen-bond donors (Lipinski definition) is 0. The SMILES string of the molecule is Cc1ccc(N2C(=O)N(CC(=O)N3CCC(C)CC3)[C@H]3CS(=O)(=O)C[C@@H]32)cc1Cl. The first-order valence-corrected chi connectivity index (χ1v) is 12.2. The number of sulfone groups is 1. The van der Waals surface area contributed by atoms with Crippen LogP contribution in [0.15, 0.2) is 18.2 Å². The van der Waals surface area contributed by atoms with Crippen molar-refractivity contribution in [2.24, 2.45) is 5.92 Å². The number of halogens is 1. The fourth-order valence-electron chi connectivity index (χ4n) is 4.50. The van der Waals surface area contributed by atoms with Crippen LogP contribution in [0.25, 0.3) is 0 Å². The zero-order valence-corrected chi connectivity index (χ0v) is 18.2. The van der Waals surface area contributed by atoms with Crippen LogP contribution in [-0.2, 0) is 14.6 Å². The summed E-state index contributed by atoms with van der Waals surface area (Å²) in [4.78, 5) is 30.8. The lowest BCUT2D eigenvalue weighted by molar-refractivity contribution is -0.133. The number of likely N-dealkylation sites (tertiary alicyclic amines) is 1. The van der Waals surface area contributed by atoms with Crippen molar-refractivity contribution in [3.8, 4) is 0 Å². The molecular formula is C20H26ClN3O4S. The molecule has 3 fully saturated rings. The number of nitrogens with zero attached hydrogens (tertiary/aromatic N) is 3. The Morgan fingerprint density at radius 3 is 2.48 bits per heavy atom. The van der Waals surface area contributed by atoms with Crippen molar-refractivity contribution < 1.29 is 18.0 Å². The van der Waals surface area contributed by atoms with Gasteiger partial charge in [0.15, 0.2) is 9.84 Å². The zero-order chi connectivity index (χ0) is 20.9. The molecule has 0 spiro atoms. The second-order valence-electron chi connectivity index (χ2n) is 8.49. The first kappa shape index (κ1) is 20.5. The average molecular weight is 440 g/mol. The maximum atomic E-state index is 13.2. The van der Waals surface area contributed by atoms with Gasteiger partial charge in [0.2, 0.25) is 5.91 Å². The number of carbonyl (C=O) groups excluding carboxylic acids is 2. The Balaban J connectivity index is 1.60. The van der Waals surface area contributed by atoms with Crippen molar-refractivity contribution in [3.63, 3.8) is 0 Å². The third-order valence-corrected chi connectivity index (χ3v) is 8.46. The number of amides is 3. The van der Waals surface area contributed by atoms with Crippen molar-refractivity contribution >= 4 is 39.1 Å². The molecule has 0 bridgehead atoms. The summed E-state index contributed by atoms with van der Waals surface area (Å²) < 4.78 is 24.7. The van der Waals surface area contributed by atoms with Crippen molar-refractivity contribution in [1.29, 1.82) is 0 Å². The van der Waals surface area contributed by atoms with Gasteiger partial charge in [0.1, 0.15) is 6.54 Å². The molecule has 0 N–H and O–H groups in total.